The summed E-state index contributed by atoms with van der Waals surface area (Å²) in [7, 11) is -0.358. The van der Waals surface area contributed by atoms with Gasteiger partial charge in [-0.3, -0.25) is 0 Å². The molecular formula is C29H39BO3. The molecule has 33 heavy (non-hydrogen) atoms. The molecule has 2 aromatic rings. The summed E-state index contributed by atoms with van der Waals surface area (Å²) in [5.41, 5.74) is 4.41. The van der Waals surface area contributed by atoms with Crippen molar-refractivity contribution < 1.29 is 13.7 Å². The van der Waals surface area contributed by atoms with Crippen LogP contribution in [0.25, 0.3) is 22.0 Å². The van der Waals surface area contributed by atoms with Gasteiger partial charge in [-0.05, 0) is 30.4 Å². The zero-order valence-electron chi connectivity index (χ0n) is 20.6. The van der Waals surface area contributed by atoms with Crippen molar-refractivity contribution in [1.82, 2.24) is 0 Å². The van der Waals surface area contributed by atoms with Crippen LogP contribution in [-0.4, -0.2) is 20.3 Å². The molecule has 0 aliphatic heterocycles. The summed E-state index contributed by atoms with van der Waals surface area (Å²) >= 11 is 0. The molecule has 0 saturated carbocycles. The summed E-state index contributed by atoms with van der Waals surface area (Å²) in [6.45, 7) is 8.23. The first-order valence-electron chi connectivity index (χ1n) is 13.1. The number of allylic oxidation sites excluding steroid dienone is 4. The van der Waals surface area contributed by atoms with Crippen LogP contribution in [0.15, 0.2) is 53.0 Å². The van der Waals surface area contributed by atoms with E-state index in [0.29, 0.717) is 5.92 Å². The lowest BCUT2D eigenvalue weighted by atomic mass is 9.63. The average molecular weight is 446 g/mol. The molecule has 176 valence electrons. The van der Waals surface area contributed by atoms with Crippen molar-refractivity contribution in [3.8, 4) is 0 Å². The van der Waals surface area contributed by atoms with Crippen LogP contribution in [0.3, 0.4) is 0 Å². The molecule has 1 aromatic heterocycles. The number of para-hydroxylation sites is 1. The number of hydrogen-bond acceptors (Lipinski definition) is 3. The summed E-state index contributed by atoms with van der Waals surface area (Å²) < 4.78 is 19.5. The molecule has 4 heteroatoms. The molecule has 0 radical (unpaired) electrons. The third-order valence-electron chi connectivity index (χ3n) is 7.03. The largest absolute Gasteiger partial charge is 0.493 e. The van der Waals surface area contributed by atoms with Gasteiger partial charge in [-0.1, -0.05) is 102 Å². The van der Waals surface area contributed by atoms with Gasteiger partial charge in [-0.15, -0.1) is 0 Å². The minimum atomic E-state index is -0.358. The number of fused-ring (bicyclic) bond motifs is 4. The van der Waals surface area contributed by atoms with Gasteiger partial charge in [0, 0.05) is 35.2 Å². The highest BCUT2D eigenvalue weighted by atomic mass is 16.6. The van der Waals surface area contributed by atoms with Crippen molar-refractivity contribution in [2.24, 2.45) is 11.8 Å². The minimum absolute atomic E-state index is 0.255. The van der Waals surface area contributed by atoms with Crippen LogP contribution in [0.5, 0.6) is 0 Å². The number of hydrogen-bond donors (Lipinski definition) is 0. The van der Waals surface area contributed by atoms with Gasteiger partial charge in [0.05, 0.1) is 0 Å². The Morgan fingerprint density at radius 2 is 1.58 bits per heavy atom. The lowest BCUT2D eigenvalue weighted by Gasteiger charge is -2.31. The van der Waals surface area contributed by atoms with E-state index in [2.05, 4.69) is 63.3 Å². The lowest BCUT2D eigenvalue weighted by Crippen LogP contribution is -2.44. The van der Waals surface area contributed by atoms with Crippen LogP contribution >= 0.6 is 0 Å². The van der Waals surface area contributed by atoms with E-state index >= 15 is 0 Å². The Hall–Kier alpha value is -2.04. The molecule has 2 aliphatic rings. The smallest absolute Gasteiger partial charge is 0.457 e. The Morgan fingerprint density at radius 3 is 2.27 bits per heavy atom. The Kier molecular flexibility index (Phi) is 8.69. The Bertz CT molecular complexity index is 1080. The minimum Gasteiger partial charge on any atom is -0.457 e. The van der Waals surface area contributed by atoms with Gasteiger partial charge in [0.1, 0.15) is 11.0 Å². The van der Waals surface area contributed by atoms with Crippen molar-refractivity contribution in [3.63, 3.8) is 0 Å². The molecule has 1 aromatic carbocycles. The first kappa shape index (κ1) is 24.1. The molecule has 0 amide bonds. The van der Waals surface area contributed by atoms with Crippen LogP contribution in [0, 0.1) is 11.8 Å². The summed E-state index contributed by atoms with van der Waals surface area (Å²) in [6.07, 6.45) is 18.4. The second-order valence-corrected chi connectivity index (χ2v) is 9.47. The molecule has 0 fully saturated rings. The fourth-order valence-electron chi connectivity index (χ4n) is 5.17. The van der Waals surface area contributed by atoms with Crippen molar-refractivity contribution in [2.45, 2.75) is 72.1 Å². The molecule has 2 aliphatic carbocycles. The molecular weight excluding hydrogens is 407 g/mol. The van der Waals surface area contributed by atoms with Gasteiger partial charge in [0.2, 0.25) is 0 Å². The van der Waals surface area contributed by atoms with E-state index in [0.717, 1.165) is 37.1 Å². The highest BCUT2D eigenvalue weighted by molar-refractivity contribution is 6.66. The van der Waals surface area contributed by atoms with E-state index in [1.54, 1.807) is 0 Å². The highest BCUT2D eigenvalue weighted by Crippen LogP contribution is 2.36. The maximum Gasteiger partial charge on any atom is 0.493 e. The zero-order valence-corrected chi connectivity index (χ0v) is 20.6. The highest BCUT2D eigenvalue weighted by Gasteiger charge is 2.38. The Labute approximate surface area is 199 Å². The number of benzene rings is 1. The molecule has 2 atom stereocenters. The Morgan fingerprint density at radius 1 is 0.879 bits per heavy atom. The molecule has 0 bridgehead atoms. The van der Waals surface area contributed by atoms with Crippen molar-refractivity contribution in [3.05, 3.63) is 59.2 Å². The molecule has 2 unspecified atom stereocenters. The van der Waals surface area contributed by atoms with Gasteiger partial charge in [-0.25, -0.2) is 0 Å². The van der Waals surface area contributed by atoms with Crippen molar-refractivity contribution >= 4 is 29.1 Å². The zero-order chi connectivity index (χ0) is 23.0. The van der Waals surface area contributed by atoms with Gasteiger partial charge in [0.15, 0.2) is 0 Å². The molecule has 0 saturated heterocycles. The fourth-order valence-corrected chi connectivity index (χ4v) is 5.17. The SMILES string of the molecule is CCCCCCOB(OCCCCCC)C1=c2oc3ccccc3c2=C2C=CC=CC2C1C. The van der Waals surface area contributed by atoms with E-state index < -0.39 is 0 Å². The number of furan rings is 1. The van der Waals surface area contributed by atoms with Crippen LogP contribution in [0.1, 0.15) is 72.1 Å². The van der Waals surface area contributed by atoms with E-state index in [1.165, 1.54) is 60.2 Å². The van der Waals surface area contributed by atoms with Gasteiger partial charge >= 0.3 is 7.12 Å². The van der Waals surface area contributed by atoms with Gasteiger partial charge in [0.25, 0.3) is 0 Å². The van der Waals surface area contributed by atoms with Crippen molar-refractivity contribution in [1.29, 1.82) is 0 Å². The van der Waals surface area contributed by atoms with E-state index in [9.17, 15) is 0 Å². The predicted molar refractivity (Wildman–Crippen MR) is 139 cm³/mol. The van der Waals surface area contributed by atoms with Crippen LogP contribution in [0.4, 0.5) is 0 Å². The molecule has 4 rings (SSSR count). The molecule has 0 N–H and O–H groups in total. The van der Waals surface area contributed by atoms with E-state index in [4.69, 9.17) is 13.7 Å². The topological polar surface area (TPSA) is 31.6 Å². The normalized spacial score (nSPS) is 19.2. The van der Waals surface area contributed by atoms with E-state index in [1.807, 2.05) is 6.07 Å². The predicted octanol–water partition coefficient (Wildman–Crippen LogP) is 6.35. The Balaban J connectivity index is 1.73. The number of unbranched alkanes of at least 4 members (excludes halogenated alkanes) is 6. The van der Waals surface area contributed by atoms with Gasteiger partial charge in [-0.2, -0.15) is 0 Å². The molecule has 0 spiro atoms. The van der Waals surface area contributed by atoms with E-state index in [-0.39, 0.29) is 13.0 Å². The maximum atomic E-state index is 6.52. The average Bonchev–Trinajstić information content (AvgIpc) is 3.22. The van der Waals surface area contributed by atoms with Crippen molar-refractivity contribution in [2.75, 3.05) is 13.2 Å². The van der Waals surface area contributed by atoms with Crippen LogP contribution in [0.2, 0.25) is 0 Å². The van der Waals surface area contributed by atoms with Crippen LogP contribution < -0.4 is 10.6 Å². The quantitative estimate of drug-likeness (QED) is 0.266. The second kappa shape index (κ2) is 11.9. The standard InChI is InChI=1S/C29H39BO3/c1-4-6-8-14-20-31-30(32-21-15-9-7-5-2)28-22(3)23-16-10-11-17-24(23)27-25-18-12-13-19-26(25)33-29(27)28/h10-13,16-19,22-23H,4-9,14-15,20-21H2,1-3H3. The monoisotopic (exact) mass is 446 g/mol. The third-order valence-corrected chi connectivity index (χ3v) is 7.03. The van der Waals surface area contributed by atoms with Crippen LogP contribution in [-0.2, 0) is 9.31 Å². The first-order chi connectivity index (χ1) is 16.3. The van der Waals surface area contributed by atoms with Gasteiger partial charge < -0.3 is 13.7 Å². The maximum absolute atomic E-state index is 6.52. The lowest BCUT2D eigenvalue weighted by molar-refractivity contribution is 0.198. The first-order valence-corrected chi connectivity index (χ1v) is 13.1. The summed E-state index contributed by atoms with van der Waals surface area (Å²) in [5, 5.41) is 2.40. The summed E-state index contributed by atoms with van der Waals surface area (Å²) in [5.74, 6) is 0.568. The molecule has 1 heterocycles. The summed E-state index contributed by atoms with van der Waals surface area (Å²) in [6, 6.07) is 8.39. The number of rotatable bonds is 13. The molecule has 3 nitrogen and oxygen atoms in total. The fraction of sp³-hybridized carbons (Fsp3) is 0.517. The third kappa shape index (κ3) is 5.39. The second-order valence-electron chi connectivity index (χ2n) is 9.47. The summed E-state index contributed by atoms with van der Waals surface area (Å²) in [4.78, 5) is 0.